The molecule has 25 heavy (non-hydrogen) atoms. The normalized spacial score (nSPS) is 17.2. The largest absolute Gasteiger partial charge is 0.404 e. The summed E-state index contributed by atoms with van der Waals surface area (Å²) in [5, 5.41) is 2.04. The minimum absolute atomic E-state index is 0.0611. The molecule has 4 rings (SSSR count). The molecule has 0 saturated heterocycles. The second kappa shape index (κ2) is 7.26. The molecule has 0 bridgehead atoms. The lowest BCUT2D eigenvalue weighted by atomic mass is 10.0. The van der Waals surface area contributed by atoms with E-state index in [4.69, 9.17) is 4.84 Å². The average Bonchev–Trinajstić information content (AvgIpc) is 3.07. The molecule has 1 unspecified atom stereocenters. The zero-order chi connectivity index (χ0) is 17.1. The molecule has 1 aliphatic heterocycles. The van der Waals surface area contributed by atoms with Gasteiger partial charge in [0.2, 0.25) is 0 Å². The van der Waals surface area contributed by atoms with Crippen LogP contribution in [0, 0.1) is 0 Å². The third kappa shape index (κ3) is 3.53. The quantitative estimate of drug-likeness (QED) is 0.542. The third-order valence-electron chi connectivity index (χ3n) is 4.30. The average molecular weight is 392 g/mol. The SMILES string of the molecule is Brc1ccccc1C1C=C(c2ccccc2)ON1Cc1ccccc1. The van der Waals surface area contributed by atoms with Crippen LogP contribution in [-0.4, -0.2) is 5.06 Å². The van der Waals surface area contributed by atoms with Crippen molar-refractivity contribution in [1.82, 2.24) is 5.06 Å². The van der Waals surface area contributed by atoms with Crippen LogP contribution in [0.15, 0.2) is 95.5 Å². The van der Waals surface area contributed by atoms with E-state index in [2.05, 4.69) is 76.6 Å². The number of hydroxylamine groups is 2. The lowest BCUT2D eigenvalue weighted by Crippen LogP contribution is -2.22. The predicted molar refractivity (Wildman–Crippen MR) is 104 cm³/mol. The van der Waals surface area contributed by atoms with Crippen molar-refractivity contribution in [3.63, 3.8) is 0 Å². The Morgan fingerprint density at radius 1 is 0.800 bits per heavy atom. The lowest BCUT2D eigenvalue weighted by molar-refractivity contribution is -0.101. The van der Waals surface area contributed by atoms with Crippen molar-refractivity contribution >= 4 is 21.7 Å². The van der Waals surface area contributed by atoms with Gasteiger partial charge in [0.05, 0.1) is 12.6 Å². The van der Waals surface area contributed by atoms with E-state index < -0.39 is 0 Å². The van der Waals surface area contributed by atoms with Gasteiger partial charge in [-0.2, -0.15) is 0 Å². The number of benzene rings is 3. The van der Waals surface area contributed by atoms with E-state index in [0.717, 1.165) is 22.3 Å². The first-order chi connectivity index (χ1) is 12.3. The topological polar surface area (TPSA) is 12.5 Å². The second-order valence-corrected chi connectivity index (χ2v) is 6.87. The molecule has 0 amide bonds. The molecule has 3 aromatic carbocycles. The van der Waals surface area contributed by atoms with Crippen LogP contribution in [-0.2, 0) is 11.4 Å². The number of hydrogen-bond acceptors (Lipinski definition) is 2. The summed E-state index contributed by atoms with van der Waals surface area (Å²) in [6.07, 6.45) is 2.19. The van der Waals surface area contributed by atoms with Crippen LogP contribution in [0.4, 0.5) is 0 Å². The molecule has 1 heterocycles. The first kappa shape index (κ1) is 16.1. The molecule has 0 saturated carbocycles. The summed E-state index contributed by atoms with van der Waals surface area (Å²) < 4.78 is 1.09. The van der Waals surface area contributed by atoms with Gasteiger partial charge >= 0.3 is 0 Å². The van der Waals surface area contributed by atoms with Crippen LogP contribution < -0.4 is 0 Å². The van der Waals surface area contributed by atoms with E-state index in [0.29, 0.717) is 0 Å². The Balaban J connectivity index is 1.69. The predicted octanol–water partition coefficient (Wildman–Crippen LogP) is 5.98. The highest BCUT2D eigenvalue weighted by Gasteiger charge is 2.30. The molecular weight excluding hydrogens is 374 g/mol. The van der Waals surface area contributed by atoms with Gasteiger partial charge < -0.3 is 4.84 Å². The number of rotatable bonds is 4. The highest BCUT2D eigenvalue weighted by molar-refractivity contribution is 9.10. The standard InChI is InChI=1S/C22H18BrNO/c23-20-14-8-7-13-19(20)21-15-22(18-11-5-2-6-12-18)25-24(21)16-17-9-3-1-4-10-17/h1-15,21H,16H2. The summed E-state index contributed by atoms with van der Waals surface area (Å²) in [7, 11) is 0. The summed E-state index contributed by atoms with van der Waals surface area (Å²) in [4.78, 5) is 6.25. The molecule has 0 spiro atoms. The highest BCUT2D eigenvalue weighted by atomic mass is 79.9. The van der Waals surface area contributed by atoms with Crippen molar-refractivity contribution in [2.75, 3.05) is 0 Å². The summed E-state index contributed by atoms with van der Waals surface area (Å²) in [6, 6.07) is 29.0. The van der Waals surface area contributed by atoms with Crippen molar-refractivity contribution in [1.29, 1.82) is 0 Å². The summed E-state index contributed by atoms with van der Waals surface area (Å²) in [5.41, 5.74) is 3.52. The van der Waals surface area contributed by atoms with Gasteiger partial charge in [0.15, 0.2) is 5.76 Å². The maximum Gasteiger partial charge on any atom is 0.152 e. The maximum atomic E-state index is 6.25. The van der Waals surface area contributed by atoms with Crippen LogP contribution in [0.2, 0.25) is 0 Å². The fourth-order valence-electron chi connectivity index (χ4n) is 3.05. The summed E-state index contributed by atoms with van der Waals surface area (Å²) >= 11 is 3.68. The van der Waals surface area contributed by atoms with Crippen LogP contribution in [0.5, 0.6) is 0 Å². The first-order valence-electron chi connectivity index (χ1n) is 8.31. The van der Waals surface area contributed by atoms with Crippen molar-refractivity contribution in [3.8, 4) is 0 Å². The van der Waals surface area contributed by atoms with Crippen molar-refractivity contribution in [2.24, 2.45) is 0 Å². The second-order valence-electron chi connectivity index (χ2n) is 6.02. The Bertz CT molecular complexity index is 877. The van der Waals surface area contributed by atoms with Gasteiger partial charge in [-0.3, -0.25) is 0 Å². The fraction of sp³-hybridized carbons (Fsp3) is 0.0909. The molecule has 0 aliphatic carbocycles. The minimum atomic E-state index is 0.0611. The molecule has 1 aliphatic rings. The Labute approximate surface area is 156 Å². The number of hydrogen-bond donors (Lipinski definition) is 0. The minimum Gasteiger partial charge on any atom is -0.404 e. The van der Waals surface area contributed by atoms with Crippen molar-refractivity contribution in [3.05, 3.63) is 112 Å². The molecule has 0 radical (unpaired) electrons. The Morgan fingerprint density at radius 2 is 1.44 bits per heavy atom. The summed E-state index contributed by atoms with van der Waals surface area (Å²) in [5.74, 6) is 0.900. The van der Waals surface area contributed by atoms with Gasteiger partial charge in [-0.1, -0.05) is 94.8 Å². The van der Waals surface area contributed by atoms with E-state index in [1.54, 1.807) is 0 Å². The zero-order valence-corrected chi connectivity index (χ0v) is 15.3. The van der Waals surface area contributed by atoms with Gasteiger partial charge in [0.25, 0.3) is 0 Å². The monoisotopic (exact) mass is 391 g/mol. The van der Waals surface area contributed by atoms with E-state index in [-0.39, 0.29) is 6.04 Å². The Morgan fingerprint density at radius 3 is 2.16 bits per heavy atom. The lowest BCUT2D eigenvalue weighted by Gasteiger charge is -2.24. The number of halogens is 1. The van der Waals surface area contributed by atoms with E-state index in [1.165, 1.54) is 11.1 Å². The van der Waals surface area contributed by atoms with Crippen LogP contribution >= 0.6 is 15.9 Å². The molecule has 1 atom stereocenters. The highest BCUT2D eigenvalue weighted by Crippen LogP contribution is 2.39. The van der Waals surface area contributed by atoms with Crippen LogP contribution in [0.3, 0.4) is 0 Å². The van der Waals surface area contributed by atoms with Gasteiger partial charge in [0, 0.05) is 10.0 Å². The fourth-order valence-corrected chi connectivity index (χ4v) is 3.56. The molecule has 3 aromatic rings. The van der Waals surface area contributed by atoms with Crippen molar-refractivity contribution in [2.45, 2.75) is 12.6 Å². The maximum absolute atomic E-state index is 6.25. The molecular formula is C22H18BrNO. The first-order valence-corrected chi connectivity index (χ1v) is 9.11. The molecule has 2 nitrogen and oxygen atoms in total. The smallest absolute Gasteiger partial charge is 0.152 e. The van der Waals surface area contributed by atoms with Crippen molar-refractivity contribution < 1.29 is 4.84 Å². The van der Waals surface area contributed by atoms with E-state index in [9.17, 15) is 0 Å². The van der Waals surface area contributed by atoms with Crippen LogP contribution in [0.25, 0.3) is 5.76 Å². The molecule has 3 heteroatoms. The van der Waals surface area contributed by atoms with Crippen LogP contribution in [0.1, 0.15) is 22.7 Å². The zero-order valence-electron chi connectivity index (χ0n) is 13.7. The number of nitrogens with zero attached hydrogens (tertiary/aromatic N) is 1. The van der Waals surface area contributed by atoms with E-state index >= 15 is 0 Å². The van der Waals surface area contributed by atoms with Gasteiger partial charge in [-0.15, -0.1) is 5.06 Å². The van der Waals surface area contributed by atoms with Gasteiger partial charge in [0.1, 0.15) is 0 Å². The third-order valence-corrected chi connectivity index (χ3v) is 5.02. The Hall–Kier alpha value is -2.36. The summed E-state index contributed by atoms with van der Waals surface area (Å²) in [6.45, 7) is 0.722. The van der Waals surface area contributed by atoms with Gasteiger partial charge in [-0.05, 0) is 23.3 Å². The molecule has 0 N–H and O–H groups in total. The molecule has 124 valence electrons. The Kier molecular flexibility index (Phi) is 4.68. The van der Waals surface area contributed by atoms with Gasteiger partial charge in [-0.25, -0.2) is 0 Å². The van der Waals surface area contributed by atoms with E-state index in [1.807, 2.05) is 35.4 Å². The molecule has 0 fully saturated rings. The molecule has 0 aromatic heterocycles.